The van der Waals surface area contributed by atoms with E-state index in [0.717, 1.165) is 42.4 Å². The van der Waals surface area contributed by atoms with E-state index < -0.39 is 0 Å². The van der Waals surface area contributed by atoms with Crippen molar-refractivity contribution in [2.75, 3.05) is 0 Å². The van der Waals surface area contributed by atoms with E-state index in [1.165, 1.54) is 18.3 Å². The van der Waals surface area contributed by atoms with Crippen molar-refractivity contribution in [3.63, 3.8) is 0 Å². The molecular formula is C22H23N3O4. The number of carbonyl (C=O) groups is 2. The zero-order valence-corrected chi connectivity index (χ0v) is 15.9. The number of amides is 2. The number of para-hydroxylation sites is 1. The van der Waals surface area contributed by atoms with Crippen LogP contribution >= 0.6 is 0 Å². The molecule has 3 aromatic rings. The maximum absolute atomic E-state index is 12.5. The fourth-order valence-corrected chi connectivity index (χ4v) is 3.76. The van der Waals surface area contributed by atoms with E-state index >= 15 is 0 Å². The van der Waals surface area contributed by atoms with Gasteiger partial charge in [0, 0.05) is 29.6 Å². The number of pyridine rings is 1. The predicted octanol–water partition coefficient (Wildman–Crippen LogP) is 2.73. The highest BCUT2D eigenvalue weighted by Crippen LogP contribution is 2.25. The Hall–Kier alpha value is -3.35. The van der Waals surface area contributed by atoms with Crippen molar-refractivity contribution in [2.24, 2.45) is 5.92 Å². The number of furan rings is 1. The van der Waals surface area contributed by atoms with Gasteiger partial charge in [-0.15, -0.1) is 0 Å². The van der Waals surface area contributed by atoms with Gasteiger partial charge in [-0.25, -0.2) is 0 Å². The lowest BCUT2D eigenvalue weighted by atomic mass is 9.85. The van der Waals surface area contributed by atoms with Crippen LogP contribution in [0.1, 0.15) is 41.8 Å². The van der Waals surface area contributed by atoms with E-state index in [1.54, 1.807) is 0 Å². The van der Waals surface area contributed by atoms with Crippen LogP contribution in [0.2, 0.25) is 0 Å². The summed E-state index contributed by atoms with van der Waals surface area (Å²) in [5.74, 6) is 0.497. The monoisotopic (exact) mass is 393 g/mol. The van der Waals surface area contributed by atoms with Crippen molar-refractivity contribution >= 4 is 22.8 Å². The molecule has 1 fully saturated rings. The number of H-pyrrole nitrogens is 1. The summed E-state index contributed by atoms with van der Waals surface area (Å²) >= 11 is 0. The molecule has 0 unspecified atom stereocenters. The molecule has 1 aliphatic carbocycles. The summed E-state index contributed by atoms with van der Waals surface area (Å²) < 4.78 is 5.73. The molecule has 3 N–H and O–H groups in total. The van der Waals surface area contributed by atoms with Crippen LogP contribution in [0.5, 0.6) is 0 Å². The zero-order chi connectivity index (χ0) is 20.2. The van der Waals surface area contributed by atoms with Crippen LogP contribution < -0.4 is 16.2 Å². The van der Waals surface area contributed by atoms with Gasteiger partial charge in [-0.2, -0.15) is 0 Å². The maximum atomic E-state index is 12.5. The minimum Gasteiger partial charge on any atom is -0.459 e. The molecule has 2 amide bonds. The fraction of sp³-hybridized carbons (Fsp3) is 0.318. The number of nitrogens with one attached hydrogen (secondary N) is 3. The van der Waals surface area contributed by atoms with Crippen LogP contribution in [0, 0.1) is 5.92 Å². The second-order valence-electron chi connectivity index (χ2n) is 7.43. The Kier molecular flexibility index (Phi) is 5.46. The van der Waals surface area contributed by atoms with Crippen LogP contribution in [-0.4, -0.2) is 22.8 Å². The van der Waals surface area contributed by atoms with Crippen LogP contribution in [0.4, 0.5) is 0 Å². The van der Waals surface area contributed by atoms with Gasteiger partial charge in [0.1, 0.15) is 11.3 Å². The topological polar surface area (TPSA) is 104 Å². The van der Waals surface area contributed by atoms with Gasteiger partial charge in [0.25, 0.3) is 5.91 Å². The number of aromatic nitrogens is 1. The highest BCUT2D eigenvalue weighted by atomic mass is 16.3. The molecule has 2 heterocycles. The molecule has 0 bridgehead atoms. The van der Waals surface area contributed by atoms with E-state index in [2.05, 4.69) is 15.6 Å². The van der Waals surface area contributed by atoms with Gasteiger partial charge in [0.2, 0.25) is 11.5 Å². The number of benzene rings is 1. The summed E-state index contributed by atoms with van der Waals surface area (Å²) in [6.45, 7) is 0.371. The van der Waals surface area contributed by atoms with E-state index in [-0.39, 0.29) is 29.3 Å². The minimum atomic E-state index is -0.240. The SMILES string of the molecule is O=C(NC1CCC(C(=O)NCc2cc3ccccc3o2)CC1)c1ccc(=O)[nH]c1. The van der Waals surface area contributed by atoms with Crippen molar-refractivity contribution in [1.29, 1.82) is 0 Å². The van der Waals surface area contributed by atoms with Crippen molar-refractivity contribution in [3.05, 3.63) is 70.3 Å². The van der Waals surface area contributed by atoms with Gasteiger partial charge >= 0.3 is 0 Å². The maximum Gasteiger partial charge on any atom is 0.252 e. The first kappa shape index (κ1) is 19.0. The predicted molar refractivity (Wildman–Crippen MR) is 108 cm³/mol. The lowest BCUT2D eigenvalue weighted by molar-refractivity contribution is -0.126. The minimum absolute atomic E-state index is 0.0240. The second kappa shape index (κ2) is 8.34. The lowest BCUT2D eigenvalue weighted by Crippen LogP contribution is -2.40. The third kappa shape index (κ3) is 4.56. The number of fused-ring (bicyclic) bond motifs is 1. The second-order valence-corrected chi connectivity index (χ2v) is 7.43. The Morgan fingerprint density at radius 1 is 1.07 bits per heavy atom. The summed E-state index contributed by atoms with van der Waals surface area (Å²) in [6, 6.07) is 12.6. The Balaban J connectivity index is 1.24. The fourth-order valence-electron chi connectivity index (χ4n) is 3.76. The Bertz CT molecular complexity index is 1020. The molecule has 0 spiro atoms. The Morgan fingerprint density at radius 2 is 1.86 bits per heavy atom. The molecule has 7 heteroatoms. The number of hydrogen-bond donors (Lipinski definition) is 3. The molecule has 4 rings (SSSR count). The number of carbonyl (C=O) groups excluding carboxylic acids is 2. The molecule has 0 saturated heterocycles. The summed E-state index contributed by atoms with van der Waals surface area (Å²) in [6.07, 6.45) is 4.36. The molecule has 7 nitrogen and oxygen atoms in total. The van der Waals surface area contributed by atoms with Gasteiger partial charge in [-0.05, 0) is 43.9 Å². The smallest absolute Gasteiger partial charge is 0.252 e. The summed E-state index contributed by atoms with van der Waals surface area (Å²) in [5.41, 5.74) is 1.00. The number of hydrogen-bond acceptors (Lipinski definition) is 4. The van der Waals surface area contributed by atoms with Crippen LogP contribution in [0.3, 0.4) is 0 Å². The largest absolute Gasteiger partial charge is 0.459 e. The molecule has 0 radical (unpaired) electrons. The molecule has 0 aliphatic heterocycles. The zero-order valence-electron chi connectivity index (χ0n) is 15.9. The van der Waals surface area contributed by atoms with Crippen molar-refractivity contribution in [2.45, 2.75) is 38.3 Å². The summed E-state index contributed by atoms with van der Waals surface area (Å²) in [5, 5.41) is 6.97. The highest BCUT2D eigenvalue weighted by Gasteiger charge is 2.27. The molecule has 1 aliphatic rings. The standard InChI is InChI=1S/C22H23N3O4/c26-20-10-7-16(12-23-20)22(28)25-17-8-5-14(6-9-17)21(27)24-13-18-11-15-3-1-2-4-19(15)29-18/h1-4,7,10-12,14,17H,5-6,8-9,13H2,(H,23,26)(H,24,27)(H,25,28). The van der Waals surface area contributed by atoms with Gasteiger partial charge in [0.15, 0.2) is 0 Å². The lowest BCUT2D eigenvalue weighted by Gasteiger charge is -2.28. The average molecular weight is 393 g/mol. The van der Waals surface area contributed by atoms with Gasteiger partial charge < -0.3 is 20.0 Å². The quantitative estimate of drug-likeness (QED) is 0.620. The molecule has 1 aromatic carbocycles. The first-order valence-electron chi connectivity index (χ1n) is 9.83. The summed E-state index contributed by atoms with van der Waals surface area (Å²) in [7, 11) is 0. The Labute approximate surface area is 167 Å². The third-order valence-electron chi connectivity index (χ3n) is 5.39. The first-order valence-corrected chi connectivity index (χ1v) is 9.83. The van der Waals surface area contributed by atoms with Gasteiger partial charge in [0.05, 0.1) is 12.1 Å². The highest BCUT2D eigenvalue weighted by molar-refractivity contribution is 5.94. The molecule has 0 atom stereocenters. The molecule has 150 valence electrons. The molecular weight excluding hydrogens is 370 g/mol. The molecule has 1 saturated carbocycles. The van der Waals surface area contributed by atoms with Crippen LogP contribution in [0.25, 0.3) is 11.0 Å². The van der Waals surface area contributed by atoms with Crippen molar-refractivity contribution < 1.29 is 14.0 Å². The Morgan fingerprint density at radius 3 is 2.59 bits per heavy atom. The van der Waals surface area contributed by atoms with E-state index in [0.29, 0.717) is 12.1 Å². The molecule has 29 heavy (non-hydrogen) atoms. The summed E-state index contributed by atoms with van der Waals surface area (Å²) in [4.78, 5) is 38.3. The average Bonchev–Trinajstić information content (AvgIpc) is 3.16. The third-order valence-corrected chi connectivity index (χ3v) is 5.39. The van der Waals surface area contributed by atoms with Crippen LogP contribution in [0.15, 0.2) is 57.9 Å². The van der Waals surface area contributed by atoms with E-state index in [4.69, 9.17) is 4.42 Å². The van der Waals surface area contributed by atoms with Crippen molar-refractivity contribution in [1.82, 2.24) is 15.6 Å². The van der Waals surface area contributed by atoms with E-state index in [9.17, 15) is 14.4 Å². The number of aromatic amines is 1. The van der Waals surface area contributed by atoms with E-state index in [1.807, 2.05) is 30.3 Å². The normalized spacial score (nSPS) is 19.0. The van der Waals surface area contributed by atoms with Gasteiger partial charge in [-0.1, -0.05) is 18.2 Å². The number of rotatable bonds is 5. The molecule has 2 aromatic heterocycles. The van der Waals surface area contributed by atoms with Gasteiger partial charge in [-0.3, -0.25) is 14.4 Å². The van der Waals surface area contributed by atoms with Crippen molar-refractivity contribution in [3.8, 4) is 0 Å². The first-order chi connectivity index (χ1) is 14.1. The van der Waals surface area contributed by atoms with Crippen LogP contribution in [-0.2, 0) is 11.3 Å².